The number of rotatable bonds is 9. The molecule has 21 heavy (non-hydrogen) atoms. The van der Waals surface area contributed by atoms with E-state index in [4.69, 9.17) is 5.73 Å². The Labute approximate surface area is 126 Å². The number of carbonyl (C=O) groups is 1. The summed E-state index contributed by atoms with van der Waals surface area (Å²) in [5.74, 6) is 2.01. The lowest BCUT2D eigenvalue weighted by molar-refractivity contribution is -0.125. The molecule has 0 aromatic carbocycles. The van der Waals surface area contributed by atoms with Crippen molar-refractivity contribution in [3.63, 3.8) is 0 Å². The third-order valence-corrected chi connectivity index (χ3v) is 3.18. The molecule has 118 valence electrons. The van der Waals surface area contributed by atoms with Crippen LogP contribution in [-0.2, 0) is 11.2 Å². The first kappa shape index (κ1) is 17.2. The Morgan fingerprint density at radius 3 is 2.33 bits per heavy atom. The largest absolute Gasteiger partial charge is 0.370 e. The maximum atomic E-state index is 11.4. The number of hydrogen-bond donors (Lipinski definition) is 3. The molecule has 6 heteroatoms. The maximum Gasteiger partial charge on any atom is 0.224 e. The van der Waals surface area contributed by atoms with Crippen LogP contribution in [0.25, 0.3) is 0 Å². The molecular weight excluding hydrogens is 266 g/mol. The van der Waals surface area contributed by atoms with E-state index < -0.39 is 5.41 Å². The van der Waals surface area contributed by atoms with Crippen LogP contribution < -0.4 is 16.4 Å². The summed E-state index contributed by atoms with van der Waals surface area (Å²) < 4.78 is 0. The van der Waals surface area contributed by atoms with Gasteiger partial charge in [-0.25, -0.2) is 9.97 Å². The molecule has 0 aliphatic carbocycles. The molecule has 0 radical (unpaired) electrons. The number of hydrogen-bond acceptors (Lipinski definition) is 5. The Bertz CT molecular complexity index is 473. The van der Waals surface area contributed by atoms with Crippen molar-refractivity contribution in [1.82, 2.24) is 9.97 Å². The molecule has 4 N–H and O–H groups in total. The van der Waals surface area contributed by atoms with E-state index in [2.05, 4.69) is 34.4 Å². The van der Waals surface area contributed by atoms with Crippen LogP contribution >= 0.6 is 0 Å². The van der Waals surface area contributed by atoms with Crippen molar-refractivity contribution >= 4 is 17.5 Å². The van der Waals surface area contributed by atoms with Crippen molar-refractivity contribution in [2.75, 3.05) is 23.7 Å². The predicted octanol–water partition coefficient (Wildman–Crippen LogP) is 2.17. The number of nitrogens with zero attached hydrogens (tertiary/aromatic N) is 2. The molecule has 1 aromatic rings. The highest BCUT2D eigenvalue weighted by Gasteiger charge is 2.24. The molecule has 0 saturated heterocycles. The molecule has 1 amide bonds. The van der Waals surface area contributed by atoms with Gasteiger partial charge in [-0.3, -0.25) is 4.79 Å². The van der Waals surface area contributed by atoms with E-state index in [0.717, 1.165) is 43.3 Å². The number of nitrogens with two attached hydrogens (primary N) is 1. The fourth-order valence-corrected chi connectivity index (χ4v) is 1.67. The van der Waals surface area contributed by atoms with Gasteiger partial charge in [0.25, 0.3) is 0 Å². The number of amides is 1. The first-order chi connectivity index (χ1) is 9.89. The fourth-order valence-electron chi connectivity index (χ4n) is 1.67. The molecule has 1 rings (SSSR count). The molecule has 0 atom stereocenters. The maximum absolute atomic E-state index is 11.4. The zero-order chi connectivity index (χ0) is 15.9. The first-order valence-electron chi connectivity index (χ1n) is 7.54. The monoisotopic (exact) mass is 293 g/mol. The van der Waals surface area contributed by atoms with Crippen LogP contribution in [0.3, 0.4) is 0 Å². The van der Waals surface area contributed by atoms with Crippen molar-refractivity contribution < 1.29 is 4.79 Å². The highest BCUT2D eigenvalue weighted by molar-refractivity contribution is 5.80. The van der Waals surface area contributed by atoms with E-state index in [1.807, 2.05) is 19.9 Å². The molecule has 0 aliphatic rings. The molecule has 1 aromatic heterocycles. The molecular formula is C15H27N5O. The average molecular weight is 293 g/mol. The number of aryl methyl sites for hydroxylation is 1. The molecule has 0 saturated carbocycles. The van der Waals surface area contributed by atoms with E-state index in [1.54, 1.807) is 0 Å². The SMILES string of the molecule is CCCNc1cc(NCC(C)(C)C(N)=O)nc(CCC)n1. The third-order valence-electron chi connectivity index (χ3n) is 3.18. The summed E-state index contributed by atoms with van der Waals surface area (Å²) in [5, 5.41) is 6.46. The third kappa shape index (κ3) is 5.57. The Morgan fingerprint density at radius 1 is 1.19 bits per heavy atom. The van der Waals surface area contributed by atoms with Gasteiger partial charge in [0.15, 0.2) is 0 Å². The summed E-state index contributed by atoms with van der Waals surface area (Å²) in [7, 11) is 0. The molecule has 0 bridgehead atoms. The molecule has 0 fully saturated rings. The summed E-state index contributed by atoms with van der Waals surface area (Å²) in [6, 6.07) is 1.87. The van der Waals surface area contributed by atoms with Crippen molar-refractivity contribution in [2.24, 2.45) is 11.1 Å². The molecule has 0 unspecified atom stereocenters. The Balaban J connectivity index is 2.84. The summed E-state index contributed by atoms with van der Waals surface area (Å²) >= 11 is 0. The van der Waals surface area contributed by atoms with Gasteiger partial charge >= 0.3 is 0 Å². The second kappa shape index (κ2) is 7.81. The average Bonchev–Trinajstić information content (AvgIpc) is 2.43. The van der Waals surface area contributed by atoms with Crippen LogP contribution in [0.1, 0.15) is 46.4 Å². The van der Waals surface area contributed by atoms with Gasteiger partial charge in [-0.2, -0.15) is 0 Å². The smallest absolute Gasteiger partial charge is 0.224 e. The zero-order valence-corrected chi connectivity index (χ0v) is 13.5. The Morgan fingerprint density at radius 2 is 1.81 bits per heavy atom. The van der Waals surface area contributed by atoms with Gasteiger partial charge in [-0.1, -0.05) is 13.8 Å². The van der Waals surface area contributed by atoms with Gasteiger partial charge < -0.3 is 16.4 Å². The number of nitrogens with one attached hydrogen (secondary N) is 2. The summed E-state index contributed by atoms with van der Waals surface area (Å²) in [6.45, 7) is 9.14. The molecule has 0 aliphatic heterocycles. The minimum Gasteiger partial charge on any atom is -0.370 e. The van der Waals surface area contributed by atoms with Crippen LogP contribution in [0, 0.1) is 5.41 Å². The lowest BCUT2D eigenvalue weighted by Crippen LogP contribution is -2.37. The van der Waals surface area contributed by atoms with E-state index in [0.29, 0.717) is 6.54 Å². The lowest BCUT2D eigenvalue weighted by atomic mass is 9.93. The van der Waals surface area contributed by atoms with Crippen molar-refractivity contribution in [1.29, 1.82) is 0 Å². The Kier molecular flexibility index (Phi) is 6.39. The molecule has 6 nitrogen and oxygen atoms in total. The van der Waals surface area contributed by atoms with E-state index >= 15 is 0 Å². The number of aromatic nitrogens is 2. The van der Waals surface area contributed by atoms with Gasteiger partial charge in [0.2, 0.25) is 5.91 Å². The minimum absolute atomic E-state index is 0.331. The van der Waals surface area contributed by atoms with Crippen LogP contribution in [0.2, 0.25) is 0 Å². The molecule has 0 spiro atoms. The number of primary amides is 1. The second-order valence-corrected chi connectivity index (χ2v) is 5.83. The highest BCUT2D eigenvalue weighted by Crippen LogP contribution is 2.17. The summed E-state index contributed by atoms with van der Waals surface area (Å²) in [5.41, 5.74) is 4.77. The lowest BCUT2D eigenvalue weighted by Gasteiger charge is -2.21. The van der Waals surface area contributed by atoms with E-state index in [1.165, 1.54) is 0 Å². The van der Waals surface area contributed by atoms with Gasteiger partial charge in [-0.15, -0.1) is 0 Å². The van der Waals surface area contributed by atoms with E-state index in [-0.39, 0.29) is 5.91 Å². The van der Waals surface area contributed by atoms with Crippen molar-refractivity contribution in [3.05, 3.63) is 11.9 Å². The fraction of sp³-hybridized carbons (Fsp3) is 0.667. The first-order valence-corrected chi connectivity index (χ1v) is 7.54. The van der Waals surface area contributed by atoms with Gasteiger partial charge in [0.1, 0.15) is 17.5 Å². The van der Waals surface area contributed by atoms with Crippen LogP contribution in [0.4, 0.5) is 11.6 Å². The van der Waals surface area contributed by atoms with Gasteiger partial charge in [0.05, 0.1) is 5.41 Å². The van der Waals surface area contributed by atoms with E-state index in [9.17, 15) is 4.79 Å². The predicted molar refractivity (Wildman–Crippen MR) is 86.3 cm³/mol. The summed E-state index contributed by atoms with van der Waals surface area (Å²) in [4.78, 5) is 20.3. The van der Waals surface area contributed by atoms with Crippen LogP contribution in [0.15, 0.2) is 6.07 Å². The molecule has 1 heterocycles. The van der Waals surface area contributed by atoms with Crippen LogP contribution in [0.5, 0.6) is 0 Å². The van der Waals surface area contributed by atoms with Gasteiger partial charge in [-0.05, 0) is 26.7 Å². The van der Waals surface area contributed by atoms with Crippen molar-refractivity contribution in [3.8, 4) is 0 Å². The zero-order valence-electron chi connectivity index (χ0n) is 13.5. The quantitative estimate of drug-likeness (QED) is 0.649. The topological polar surface area (TPSA) is 92.9 Å². The van der Waals surface area contributed by atoms with Gasteiger partial charge in [0, 0.05) is 25.6 Å². The highest BCUT2D eigenvalue weighted by atomic mass is 16.1. The minimum atomic E-state index is -0.618. The van der Waals surface area contributed by atoms with Crippen LogP contribution in [-0.4, -0.2) is 29.0 Å². The second-order valence-electron chi connectivity index (χ2n) is 5.83. The summed E-state index contributed by atoms with van der Waals surface area (Å²) in [6.07, 6.45) is 2.85. The normalized spacial score (nSPS) is 11.2. The standard InChI is InChI=1S/C15H27N5O/c1-5-7-11-19-12(17-8-6-2)9-13(20-11)18-10-15(3,4)14(16)21/h9H,5-8,10H2,1-4H3,(H2,16,21)(H2,17,18,19,20). The number of anilines is 2. The Hall–Kier alpha value is -1.85. The number of carbonyl (C=O) groups excluding carboxylic acids is 1. The van der Waals surface area contributed by atoms with Crippen molar-refractivity contribution in [2.45, 2.75) is 47.0 Å².